The maximum atomic E-state index is 12.0. The lowest BCUT2D eigenvalue weighted by molar-refractivity contribution is -0.136. The van der Waals surface area contributed by atoms with Crippen molar-refractivity contribution in [3.63, 3.8) is 0 Å². The summed E-state index contributed by atoms with van der Waals surface area (Å²) < 4.78 is 0. The molecule has 1 aromatic carbocycles. The monoisotopic (exact) mass is 400 g/mol. The van der Waals surface area contributed by atoms with Crippen molar-refractivity contribution in [3.05, 3.63) is 74.1 Å². The van der Waals surface area contributed by atoms with Crippen LogP contribution in [-0.2, 0) is 22.6 Å². The molecule has 0 radical (unpaired) electrons. The van der Waals surface area contributed by atoms with Gasteiger partial charge >= 0.3 is 11.8 Å². The third-order valence-electron chi connectivity index (χ3n) is 4.06. The van der Waals surface area contributed by atoms with E-state index in [4.69, 9.17) is 0 Å². The summed E-state index contributed by atoms with van der Waals surface area (Å²) in [5.41, 5.74) is 2.60. The Morgan fingerprint density at radius 2 is 1.85 bits per heavy atom. The highest BCUT2D eigenvalue weighted by atomic mass is 32.1. The lowest BCUT2D eigenvalue weighted by atomic mass is 10.1. The van der Waals surface area contributed by atoms with Crippen molar-refractivity contribution in [3.8, 4) is 0 Å². The Kier molecular flexibility index (Phi) is 6.39. The number of aliphatic hydroxyl groups is 1. The van der Waals surface area contributed by atoms with Crippen LogP contribution in [0.1, 0.15) is 33.9 Å². The quantitative estimate of drug-likeness (QED) is 0.552. The molecule has 2 aromatic heterocycles. The van der Waals surface area contributed by atoms with Crippen molar-refractivity contribution in [1.29, 1.82) is 0 Å². The molecule has 0 saturated heterocycles. The van der Waals surface area contributed by atoms with E-state index in [2.05, 4.69) is 17.6 Å². The standard InChI is InChI=1S/C20H20N2O3S2/c1-2-13-3-5-15(6-4-13)22-20(25)19(24)21-11-16-7-8-17(27-16)18(23)14-9-10-26-12-14/h3-10,12,18,23H,2,11H2,1H3,(H,21,24)(H,22,25). The first-order valence-electron chi connectivity index (χ1n) is 8.53. The number of thiophene rings is 2. The van der Waals surface area contributed by atoms with Gasteiger partial charge in [-0.15, -0.1) is 11.3 Å². The Hall–Kier alpha value is -2.48. The molecule has 27 heavy (non-hydrogen) atoms. The van der Waals surface area contributed by atoms with E-state index in [0.29, 0.717) is 5.69 Å². The van der Waals surface area contributed by atoms with Crippen LogP contribution in [0.2, 0.25) is 0 Å². The summed E-state index contributed by atoms with van der Waals surface area (Å²) in [4.78, 5) is 25.7. The Morgan fingerprint density at radius 1 is 1.07 bits per heavy atom. The van der Waals surface area contributed by atoms with Crippen LogP contribution in [0, 0.1) is 0 Å². The first kappa shape index (κ1) is 19.3. The number of carbonyl (C=O) groups is 2. The van der Waals surface area contributed by atoms with Gasteiger partial charge in [0, 0.05) is 15.4 Å². The van der Waals surface area contributed by atoms with Crippen LogP contribution in [0.5, 0.6) is 0 Å². The van der Waals surface area contributed by atoms with Gasteiger partial charge in [-0.05, 0) is 58.6 Å². The summed E-state index contributed by atoms with van der Waals surface area (Å²) in [7, 11) is 0. The smallest absolute Gasteiger partial charge is 0.313 e. The highest BCUT2D eigenvalue weighted by molar-refractivity contribution is 7.12. The molecule has 1 unspecified atom stereocenters. The van der Waals surface area contributed by atoms with Gasteiger partial charge in [-0.2, -0.15) is 11.3 Å². The van der Waals surface area contributed by atoms with E-state index < -0.39 is 17.9 Å². The fraction of sp³-hybridized carbons (Fsp3) is 0.200. The summed E-state index contributed by atoms with van der Waals surface area (Å²) in [6.07, 6.45) is 0.249. The largest absolute Gasteiger partial charge is 0.383 e. The van der Waals surface area contributed by atoms with Gasteiger partial charge in [-0.3, -0.25) is 9.59 Å². The molecule has 2 amide bonds. The minimum Gasteiger partial charge on any atom is -0.383 e. The van der Waals surface area contributed by atoms with Crippen LogP contribution in [0.4, 0.5) is 5.69 Å². The van der Waals surface area contributed by atoms with Gasteiger partial charge in [0.25, 0.3) is 0 Å². The van der Waals surface area contributed by atoms with Crippen molar-refractivity contribution in [2.24, 2.45) is 0 Å². The van der Waals surface area contributed by atoms with Gasteiger partial charge in [0.15, 0.2) is 0 Å². The van der Waals surface area contributed by atoms with E-state index in [9.17, 15) is 14.7 Å². The number of amides is 2. The van der Waals surface area contributed by atoms with Crippen LogP contribution < -0.4 is 10.6 Å². The summed E-state index contributed by atoms with van der Waals surface area (Å²) in [5.74, 6) is -1.39. The highest BCUT2D eigenvalue weighted by Gasteiger charge is 2.16. The normalized spacial score (nSPS) is 11.8. The number of hydrogen-bond acceptors (Lipinski definition) is 5. The summed E-state index contributed by atoms with van der Waals surface area (Å²) in [6, 6.07) is 13.0. The third-order valence-corrected chi connectivity index (χ3v) is 5.90. The van der Waals surface area contributed by atoms with Crippen molar-refractivity contribution >= 4 is 40.2 Å². The number of benzene rings is 1. The maximum absolute atomic E-state index is 12.0. The number of anilines is 1. The Bertz CT molecular complexity index is 902. The van der Waals surface area contributed by atoms with E-state index in [1.807, 2.05) is 41.1 Å². The molecule has 0 bridgehead atoms. The fourth-order valence-corrected chi connectivity index (χ4v) is 4.14. The number of hydrogen-bond donors (Lipinski definition) is 3. The van der Waals surface area contributed by atoms with Gasteiger partial charge in [-0.1, -0.05) is 19.1 Å². The molecular formula is C20H20N2O3S2. The van der Waals surface area contributed by atoms with Gasteiger partial charge in [-0.25, -0.2) is 0 Å². The van der Waals surface area contributed by atoms with Gasteiger partial charge in [0.05, 0.1) is 6.54 Å². The minimum atomic E-state index is -0.700. The van der Waals surface area contributed by atoms with E-state index in [1.54, 1.807) is 12.1 Å². The maximum Gasteiger partial charge on any atom is 0.313 e. The van der Waals surface area contributed by atoms with E-state index in [0.717, 1.165) is 27.3 Å². The second-order valence-corrected chi connectivity index (χ2v) is 7.93. The summed E-state index contributed by atoms with van der Waals surface area (Å²) in [5, 5.41) is 19.3. The topological polar surface area (TPSA) is 78.4 Å². The third kappa shape index (κ3) is 5.03. The fourth-order valence-electron chi connectivity index (χ4n) is 2.49. The van der Waals surface area contributed by atoms with Crippen LogP contribution in [-0.4, -0.2) is 16.9 Å². The zero-order valence-electron chi connectivity index (χ0n) is 14.8. The van der Waals surface area contributed by atoms with Crippen molar-refractivity contribution in [2.45, 2.75) is 26.0 Å². The van der Waals surface area contributed by atoms with E-state index in [1.165, 1.54) is 22.7 Å². The van der Waals surface area contributed by atoms with Gasteiger partial charge < -0.3 is 15.7 Å². The molecule has 0 fully saturated rings. The molecule has 3 N–H and O–H groups in total. The number of carbonyl (C=O) groups excluding carboxylic acids is 2. The van der Waals surface area contributed by atoms with Crippen LogP contribution >= 0.6 is 22.7 Å². The summed E-state index contributed by atoms with van der Waals surface area (Å²) in [6.45, 7) is 2.29. The van der Waals surface area contributed by atoms with E-state index in [-0.39, 0.29) is 6.54 Å². The zero-order valence-corrected chi connectivity index (χ0v) is 16.4. The van der Waals surface area contributed by atoms with Crippen LogP contribution in [0.3, 0.4) is 0 Å². The Morgan fingerprint density at radius 3 is 2.52 bits per heavy atom. The van der Waals surface area contributed by atoms with Crippen molar-refractivity contribution < 1.29 is 14.7 Å². The first-order chi connectivity index (χ1) is 13.1. The molecule has 0 aliphatic carbocycles. The Labute approximate surface area is 165 Å². The predicted molar refractivity (Wildman–Crippen MR) is 109 cm³/mol. The second-order valence-electron chi connectivity index (χ2n) is 5.95. The molecule has 3 aromatic rings. The number of aryl methyl sites for hydroxylation is 1. The molecule has 0 spiro atoms. The Balaban J connectivity index is 1.52. The lowest BCUT2D eigenvalue weighted by Gasteiger charge is -2.07. The first-order valence-corrected chi connectivity index (χ1v) is 10.3. The molecule has 2 heterocycles. The average molecular weight is 401 g/mol. The number of nitrogens with one attached hydrogen (secondary N) is 2. The van der Waals surface area contributed by atoms with Gasteiger partial charge in [0.1, 0.15) is 6.10 Å². The molecule has 0 saturated carbocycles. The van der Waals surface area contributed by atoms with E-state index >= 15 is 0 Å². The van der Waals surface area contributed by atoms with Crippen molar-refractivity contribution in [2.75, 3.05) is 5.32 Å². The predicted octanol–water partition coefficient (Wildman–Crippen LogP) is 3.71. The average Bonchev–Trinajstić information content (AvgIpc) is 3.38. The van der Waals surface area contributed by atoms with Crippen molar-refractivity contribution in [1.82, 2.24) is 5.32 Å². The molecule has 3 rings (SSSR count). The highest BCUT2D eigenvalue weighted by Crippen LogP contribution is 2.29. The van der Waals surface area contributed by atoms with Crippen LogP contribution in [0.15, 0.2) is 53.2 Å². The lowest BCUT2D eigenvalue weighted by Crippen LogP contribution is -2.34. The molecule has 7 heteroatoms. The van der Waals surface area contributed by atoms with Gasteiger partial charge in [0.2, 0.25) is 0 Å². The summed E-state index contributed by atoms with van der Waals surface area (Å²) >= 11 is 2.94. The molecule has 5 nitrogen and oxygen atoms in total. The zero-order chi connectivity index (χ0) is 19.2. The minimum absolute atomic E-state index is 0.238. The number of rotatable bonds is 6. The SMILES string of the molecule is CCc1ccc(NC(=O)C(=O)NCc2ccc(C(O)c3ccsc3)s2)cc1. The molecule has 0 aliphatic heterocycles. The molecule has 140 valence electrons. The van der Waals surface area contributed by atoms with Crippen LogP contribution in [0.25, 0.3) is 0 Å². The second kappa shape index (κ2) is 8.94. The molecule has 0 aliphatic rings. The molecule has 1 atom stereocenters. The molecular weight excluding hydrogens is 380 g/mol. The number of aliphatic hydroxyl groups excluding tert-OH is 1.